The summed E-state index contributed by atoms with van der Waals surface area (Å²) in [4.78, 5) is 14.5. The predicted octanol–water partition coefficient (Wildman–Crippen LogP) is 2.13. The number of aromatic nitrogens is 2. The van der Waals surface area contributed by atoms with E-state index in [0.717, 1.165) is 24.1 Å². The van der Waals surface area contributed by atoms with Crippen molar-refractivity contribution in [2.24, 2.45) is 7.05 Å². The van der Waals surface area contributed by atoms with E-state index in [1.54, 1.807) is 4.68 Å². The predicted molar refractivity (Wildman–Crippen MR) is 66.9 cm³/mol. The minimum absolute atomic E-state index is 0.135. The maximum Gasteiger partial charge on any atom is 0.257 e. The third-order valence-corrected chi connectivity index (χ3v) is 3.67. The van der Waals surface area contributed by atoms with E-state index in [0.29, 0.717) is 12.1 Å². The number of aryl methyl sites for hydroxylation is 2. The van der Waals surface area contributed by atoms with Crippen LogP contribution in [0.1, 0.15) is 49.2 Å². The second-order valence-electron chi connectivity index (χ2n) is 5.14. The maximum atomic E-state index is 12.5. The van der Waals surface area contributed by atoms with Crippen molar-refractivity contribution in [1.82, 2.24) is 14.7 Å². The number of amides is 1. The minimum atomic E-state index is 0.135. The number of likely N-dealkylation sites (tertiary alicyclic amines) is 1. The van der Waals surface area contributed by atoms with Gasteiger partial charge >= 0.3 is 0 Å². The molecule has 0 bridgehead atoms. The van der Waals surface area contributed by atoms with Crippen LogP contribution in [0.4, 0.5) is 0 Å². The van der Waals surface area contributed by atoms with Crippen LogP contribution < -0.4 is 0 Å². The normalized spacial score (nSPS) is 25.1. The van der Waals surface area contributed by atoms with Gasteiger partial charge in [-0.2, -0.15) is 5.10 Å². The lowest BCUT2D eigenvalue weighted by atomic mass is 9.96. The van der Waals surface area contributed by atoms with E-state index in [4.69, 9.17) is 0 Å². The Kier molecular flexibility index (Phi) is 3.22. The van der Waals surface area contributed by atoms with Gasteiger partial charge in [0.25, 0.3) is 5.91 Å². The first kappa shape index (κ1) is 12.1. The lowest BCUT2D eigenvalue weighted by Crippen LogP contribution is -2.47. The van der Waals surface area contributed by atoms with Crippen molar-refractivity contribution in [2.75, 3.05) is 0 Å². The second kappa shape index (κ2) is 4.51. The van der Waals surface area contributed by atoms with Crippen molar-refractivity contribution in [1.29, 1.82) is 0 Å². The van der Waals surface area contributed by atoms with Crippen LogP contribution in [-0.4, -0.2) is 32.7 Å². The number of hydrogen-bond donors (Lipinski definition) is 0. The maximum absolute atomic E-state index is 12.5. The average Bonchev–Trinajstić information content (AvgIpc) is 2.57. The first-order chi connectivity index (χ1) is 8.00. The molecule has 1 fully saturated rings. The van der Waals surface area contributed by atoms with Gasteiger partial charge in [-0.3, -0.25) is 9.48 Å². The molecule has 1 aliphatic heterocycles. The highest BCUT2D eigenvalue weighted by Crippen LogP contribution is 2.25. The van der Waals surface area contributed by atoms with E-state index >= 15 is 0 Å². The van der Waals surface area contributed by atoms with Gasteiger partial charge in [-0.15, -0.1) is 0 Å². The van der Waals surface area contributed by atoms with Gasteiger partial charge in [-0.1, -0.05) is 0 Å². The molecule has 2 atom stereocenters. The summed E-state index contributed by atoms with van der Waals surface area (Å²) in [5, 5.41) is 4.25. The third kappa shape index (κ3) is 2.21. The van der Waals surface area contributed by atoms with E-state index in [2.05, 4.69) is 18.9 Å². The molecule has 17 heavy (non-hydrogen) atoms. The minimum Gasteiger partial charge on any atom is -0.333 e. The largest absolute Gasteiger partial charge is 0.333 e. The summed E-state index contributed by atoms with van der Waals surface area (Å²) >= 11 is 0. The number of carbonyl (C=O) groups is 1. The molecule has 1 aliphatic rings. The Morgan fingerprint density at radius 1 is 1.35 bits per heavy atom. The molecule has 1 amide bonds. The summed E-state index contributed by atoms with van der Waals surface area (Å²) in [7, 11) is 1.85. The molecule has 0 N–H and O–H groups in total. The van der Waals surface area contributed by atoms with Gasteiger partial charge in [0.15, 0.2) is 0 Å². The highest BCUT2D eigenvalue weighted by molar-refractivity contribution is 5.95. The molecule has 4 heteroatoms. The fraction of sp³-hybridized carbons (Fsp3) is 0.692. The number of piperidine rings is 1. The first-order valence-corrected chi connectivity index (χ1v) is 6.33. The monoisotopic (exact) mass is 235 g/mol. The van der Waals surface area contributed by atoms with Crippen LogP contribution in [0.2, 0.25) is 0 Å². The molecule has 0 radical (unpaired) electrons. The SMILES string of the molecule is Cc1nn(C)cc1C(=O)N1[C@@H](C)CCC[C@@H]1C. The lowest BCUT2D eigenvalue weighted by molar-refractivity contribution is 0.0510. The number of carbonyl (C=O) groups excluding carboxylic acids is 1. The van der Waals surface area contributed by atoms with Gasteiger partial charge in [0.2, 0.25) is 0 Å². The molecule has 1 aromatic rings. The van der Waals surface area contributed by atoms with E-state index in [9.17, 15) is 4.79 Å². The van der Waals surface area contributed by atoms with Crippen LogP contribution in [0.15, 0.2) is 6.20 Å². The van der Waals surface area contributed by atoms with Crippen molar-refractivity contribution in [3.05, 3.63) is 17.5 Å². The Labute approximate surface area is 103 Å². The smallest absolute Gasteiger partial charge is 0.257 e. The molecule has 1 aromatic heterocycles. The Hall–Kier alpha value is -1.32. The van der Waals surface area contributed by atoms with Gasteiger partial charge < -0.3 is 4.90 Å². The summed E-state index contributed by atoms with van der Waals surface area (Å²) in [6, 6.07) is 0.678. The molecule has 0 unspecified atom stereocenters. The molecule has 4 nitrogen and oxygen atoms in total. The summed E-state index contributed by atoms with van der Waals surface area (Å²) in [6.07, 6.45) is 5.26. The van der Waals surface area contributed by atoms with E-state index in [1.807, 2.05) is 25.1 Å². The zero-order valence-corrected chi connectivity index (χ0v) is 11.1. The quantitative estimate of drug-likeness (QED) is 0.748. The van der Waals surface area contributed by atoms with Crippen molar-refractivity contribution in [2.45, 2.75) is 52.1 Å². The molecule has 0 spiro atoms. The molecule has 1 saturated heterocycles. The van der Waals surface area contributed by atoms with E-state index < -0.39 is 0 Å². The van der Waals surface area contributed by atoms with Crippen LogP contribution in [0, 0.1) is 6.92 Å². The second-order valence-corrected chi connectivity index (χ2v) is 5.14. The van der Waals surface area contributed by atoms with Gasteiger partial charge in [0.05, 0.1) is 11.3 Å². The first-order valence-electron chi connectivity index (χ1n) is 6.33. The molecular formula is C13H21N3O. The Morgan fingerprint density at radius 3 is 2.41 bits per heavy atom. The van der Waals surface area contributed by atoms with Crippen molar-refractivity contribution in [3.63, 3.8) is 0 Å². The Bertz CT molecular complexity index is 414. The molecule has 0 aromatic carbocycles. The van der Waals surface area contributed by atoms with Gasteiger partial charge in [0, 0.05) is 25.3 Å². The molecule has 2 rings (SSSR count). The molecule has 2 heterocycles. The highest BCUT2D eigenvalue weighted by atomic mass is 16.2. The van der Waals surface area contributed by atoms with Crippen LogP contribution in [0.5, 0.6) is 0 Å². The number of rotatable bonds is 1. The summed E-state index contributed by atoms with van der Waals surface area (Å²) in [5.41, 5.74) is 1.57. The third-order valence-electron chi connectivity index (χ3n) is 3.67. The zero-order valence-electron chi connectivity index (χ0n) is 11.1. The zero-order chi connectivity index (χ0) is 12.6. The molecular weight excluding hydrogens is 214 g/mol. The van der Waals surface area contributed by atoms with Crippen molar-refractivity contribution in [3.8, 4) is 0 Å². The standard InChI is InChI=1S/C13H21N3O/c1-9-6-5-7-10(2)16(9)13(17)12-8-15(4)14-11(12)3/h8-10H,5-7H2,1-4H3/t9-,10-/m0/s1. The number of hydrogen-bond acceptors (Lipinski definition) is 2. The van der Waals surface area contributed by atoms with Crippen molar-refractivity contribution >= 4 is 5.91 Å². The summed E-state index contributed by atoms with van der Waals surface area (Å²) in [5.74, 6) is 0.135. The van der Waals surface area contributed by atoms with Crippen molar-refractivity contribution < 1.29 is 4.79 Å². The Balaban J connectivity index is 2.27. The van der Waals surface area contributed by atoms with Crippen LogP contribution in [0.3, 0.4) is 0 Å². The van der Waals surface area contributed by atoms with Gasteiger partial charge in [-0.25, -0.2) is 0 Å². The molecule has 0 saturated carbocycles. The van der Waals surface area contributed by atoms with Crippen LogP contribution >= 0.6 is 0 Å². The van der Waals surface area contributed by atoms with Gasteiger partial charge in [0.1, 0.15) is 0 Å². The topological polar surface area (TPSA) is 38.1 Å². The number of nitrogens with zero attached hydrogens (tertiary/aromatic N) is 3. The van der Waals surface area contributed by atoms with E-state index in [1.165, 1.54) is 6.42 Å². The van der Waals surface area contributed by atoms with Crippen LogP contribution in [0.25, 0.3) is 0 Å². The van der Waals surface area contributed by atoms with Crippen LogP contribution in [-0.2, 0) is 7.05 Å². The highest BCUT2D eigenvalue weighted by Gasteiger charge is 2.30. The fourth-order valence-corrected chi connectivity index (χ4v) is 2.77. The molecule has 0 aliphatic carbocycles. The Morgan fingerprint density at radius 2 is 1.94 bits per heavy atom. The lowest BCUT2D eigenvalue weighted by Gasteiger charge is -2.39. The summed E-state index contributed by atoms with van der Waals surface area (Å²) < 4.78 is 1.71. The summed E-state index contributed by atoms with van der Waals surface area (Å²) in [6.45, 7) is 6.17. The van der Waals surface area contributed by atoms with Gasteiger partial charge in [-0.05, 0) is 40.0 Å². The average molecular weight is 235 g/mol. The van der Waals surface area contributed by atoms with E-state index in [-0.39, 0.29) is 5.91 Å². The molecule has 94 valence electrons. The fourth-order valence-electron chi connectivity index (χ4n) is 2.77.